The van der Waals surface area contributed by atoms with Crippen molar-refractivity contribution in [3.63, 3.8) is 0 Å². The third kappa shape index (κ3) is 4.22. The molecule has 9 nitrogen and oxygen atoms in total. The van der Waals surface area contributed by atoms with Crippen molar-refractivity contribution in [1.82, 2.24) is 14.9 Å². The zero-order valence-corrected chi connectivity index (χ0v) is 17.2. The summed E-state index contributed by atoms with van der Waals surface area (Å²) in [7, 11) is 0. The van der Waals surface area contributed by atoms with Gasteiger partial charge in [0.05, 0.1) is 18.7 Å². The Morgan fingerprint density at radius 1 is 1.23 bits per heavy atom. The number of aromatic nitrogens is 2. The zero-order valence-electron chi connectivity index (χ0n) is 15.6. The van der Waals surface area contributed by atoms with Crippen LogP contribution < -0.4 is 11.1 Å². The van der Waals surface area contributed by atoms with Crippen molar-refractivity contribution in [3.8, 4) is 11.4 Å². The maximum atomic E-state index is 12.9. The van der Waals surface area contributed by atoms with E-state index in [1.54, 1.807) is 17.6 Å². The first-order chi connectivity index (χ1) is 14.5. The molecule has 154 valence electrons. The summed E-state index contributed by atoms with van der Waals surface area (Å²) < 4.78 is 5.36. The van der Waals surface area contributed by atoms with Crippen LogP contribution >= 0.6 is 22.7 Å². The molecule has 3 aromatic heterocycles. The van der Waals surface area contributed by atoms with E-state index in [4.69, 9.17) is 10.5 Å². The molecule has 0 saturated carbocycles. The van der Waals surface area contributed by atoms with E-state index in [9.17, 15) is 14.4 Å². The molecule has 0 bridgehead atoms. The quantitative estimate of drug-likeness (QED) is 0.594. The molecule has 3 N–H and O–H groups in total. The van der Waals surface area contributed by atoms with E-state index in [-0.39, 0.29) is 13.0 Å². The van der Waals surface area contributed by atoms with Crippen LogP contribution in [0.2, 0.25) is 0 Å². The molecule has 0 aliphatic carbocycles. The van der Waals surface area contributed by atoms with Crippen LogP contribution in [-0.4, -0.2) is 51.5 Å². The zero-order chi connectivity index (χ0) is 21.1. The lowest BCUT2D eigenvalue weighted by Crippen LogP contribution is -2.52. The van der Waals surface area contributed by atoms with Gasteiger partial charge in [-0.15, -0.1) is 11.3 Å². The first-order valence-corrected chi connectivity index (χ1v) is 10.8. The number of hydrogen-bond donors (Lipinski definition) is 2. The van der Waals surface area contributed by atoms with Crippen molar-refractivity contribution >= 4 is 45.5 Å². The number of thiophene rings is 1. The predicted molar refractivity (Wildman–Crippen MR) is 112 cm³/mol. The van der Waals surface area contributed by atoms with Gasteiger partial charge in [0.2, 0.25) is 12.1 Å². The Bertz CT molecular complexity index is 1050. The number of primary amides is 1. The van der Waals surface area contributed by atoms with Gasteiger partial charge in [0.15, 0.2) is 5.13 Å². The molecule has 1 fully saturated rings. The smallest absolute Gasteiger partial charge is 0.267 e. The highest BCUT2D eigenvalue weighted by Crippen LogP contribution is 2.25. The Morgan fingerprint density at radius 2 is 2.10 bits per heavy atom. The fourth-order valence-electron chi connectivity index (χ4n) is 3.04. The number of nitrogens with one attached hydrogen (secondary N) is 1. The number of ether oxygens (including phenoxy) is 1. The van der Waals surface area contributed by atoms with E-state index in [1.165, 1.54) is 22.7 Å². The summed E-state index contributed by atoms with van der Waals surface area (Å²) in [6.07, 6.45) is 0.415. The molecule has 30 heavy (non-hydrogen) atoms. The second kappa shape index (κ2) is 8.69. The van der Waals surface area contributed by atoms with Crippen molar-refractivity contribution in [2.45, 2.75) is 18.7 Å². The molecular formula is C19H17N5O4S2. The summed E-state index contributed by atoms with van der Waals surface area (Å²) in [5.41, 5.74) is 7.47. The fraction of sp³-hybridized carbons (Fsp3) is 0.211. The first-order valence-electron chi connectivity index (χ1n) is 8.94. The van der Waals surface area contributed by atoms with Gasteiger partial charge in [-0.05, 0) is 34.5 Å². The summed E-state index contributed by atoms with van der Waals surface area (Å²) in [6.45, 7) is -0.132. The topological polar surface area (TPSA) is 128 Å². The third-order valence-electron chi connectivity index (χ3n) is 4.43. The number of hydrogen-bond acceptors (Lipinski definition) is 8. The van der Waals surface area contributed by atoms with Crippen LogP contribution in [-0.2, 0) is 25.5 Å². The third-order valence-corrected chi connectivity index (χ3v) is 5.92. The van der Waals surface area contributed by atoms with E-state index in [2.05, 4.69) is 15.3 Å². The largest absolute Gasteiger partial charge is 0.366 e. The molecule has 1 aliphatic heterocycles. The monoisotopic (exact) mass is 443 g/mol. The fourth-order valence-corrected chi connectivity index (χ4v) is 4.42. The highest BCUT2D eigenvalue weighted by Gasteiger charge is 2.44. The predicted octanol–water partition coefficient (Wildman–Crippen LogP) is 1.49. The maximum absolute atomic E-state index is 12.9. The van der Waals surface area contributed by atoms with Gasteiger partial charge in [-0.2, -0.15) is 11.3 Å². The van der Waals surface area contributed by atoms with Crippen LogP contribution in [0.15, 0.2) is 46.6 Å². The number of anilines is 1. The van der Waals surface area contributed by atoms with Gasteiger partial charge in [-0.3, -0.25) is 24.3 Å². The van der Waals surface area contributed by atoms with Crippen molar-refractivity contribution in [2.24, 2.45) is 5.73 Å². The SMILES string of the molecule is NC(=O)[C@@H]1OC[C@H](C(=O)Nc2nc(-c3ccccn3)cs2)N1C(=O)Cc1ccsc1. The van der Waals surface area contributed by atoms with Crippen LogP contribution in [0, 0.1) is 0 Å². The molecule has 1 aliphatic rings. The number of nitrogens with zero attached hydrogens (tertiary/aromatic N) is 3. The molecule has 0 unspecified atom stereocenters. The van der Waals surface area contributed by atoms with E-state index >= 15 is 0 Å². The number of pyridine rings is 1. The minimum absolute atomic E-state index is 0.0432. The Hall–Kier alpha value is -3.15. The van der Waals surface area contributed by atoms with Crippen LogP contribution in [0.3, 0.4) is 0 Å². The molecule has 0 spiro atoms. The maximum Gasteiger partial charge on any atom is 0.267 e. The lowest BCUT2D eigenvalue weighted by atomic mass is 10.2. The second-order valence-corrected chi connectivity index (χ2v) is 8.09. The van der Waals surface area contributed by atoms with Crippen LogP contribution in [0.5, 0.6) is 0 Å². The van der Waals surface area contributed by atoms with Gasteiger partial charge in [0.25, 0.3) is 11.8 Å². The molecule has 0 aromatic carbocycles. The molecule has 11 heteroatoms. The highest BCUT2D eigenvalue weighted by molar-refractivity contribution is 7.14. The standard InChI is InChI=1S/C19H17N5O4S2/c20-16(26)18-24(15(25)7-11-4-6-29-9-11)14(8-28-18)17(27)23-19-22-13(10-30-19)12-3-1-2-5-21-12/h1-6,9-10,14,18H,7-8H2,(H2,20,26)(H,22,23,27)/t14-,18+/m1/s1. The summed E-state index contributed by atoms with van der Waals surface area (Å²) in [5.74, 6) is -1.74. The van der Waals surface area contributed by atoms with Crippen LogP contribution in [0.1, 0.15) is 5.56 Å². The van der Waals surface area contributed by atoms with Crippen LogP contribution in [0.25, 0.3) is 11.4 Å². The number of carbonyl (C=O) groups is 3. The minimum Gasteiger partial charge on any atom is -0.366 e. The molecule has 1 saturated heterocycles. The number of carbonyl (C=O) groups excluding carboxylic acids is 3. The second-order valence-electron chi connectivity index (χ2n) is 6.46. The summed E-state index contributed by atoms with van der Waals surface area (Å²) in [6, 6.07) is 6.28. The molecule has 4 heterocycles. The van der Waals surface area contributed by atoms with Gasteiger partial charge in [-0.25, -0.2) is 4.98 Å². The average molecular weight is 444 g/mol. The van der Waals surface area contributed by atoms with E-state index < -0.39 is 30.0 Å². The number of thiazole rings is 1. The Labute approximate surface area is 179 Å². The minimum atomic E-state index is -1.28. The van der Waals surface area contributed by atoms with Gasteiger partial charge < -0.3 is 15.8 Å². The molecule has 4 rings (SSSR count). The van der Waals surface area contributed by atoms with Crippen molar-refractivity contribution in [2.75, 3.05) is 11.9 Å². The van der Waals surface area contributed by atoms with E-state index in [1.807, 2.05) is 29.0 Å². The molecule has 2 atom stereocenters. The highest BCUT2D eigenvalue weighted by atomic mass is 32.1. The first kappa shape index (κ1) is 20.1. The van der Waals surface area contributed by atoms with Gasteiger partial charge in [0.1, 0.15) is 11.7 Å². The Kier molecular flexibility index (Phi) is 5.84. The van der Waals surface area contributed by atoms with Gasteiger partial charge in [-0.1, -0.05) is 6.07 Å². The average Bonchev–Trinajstić information content (AvgIpc) is 3.49. The van der Waals surface area contributed by atoms with Gasteiger partial charge in [0, 0.05) is 11.6 Å². The molecule has 3 aromatic rings. The summed E-state index contributed by atoms with van der Waals surface area (Å²) in [5, 5.41) is 8.50. The number of amides is 3. The normalized spacial score (nSPS) is 18.3. The number of rotatable bonds is 6. The Balaban J connectivity index is 1.49. The summed E-state index contributed by atoms with van der Waals surface area (Å²) in [4.78, 5) is 47.2. The van der Waals surface area contributed by atoms with Crippen molar-refractivity contribution in [1.29, 1.82) is 0 Å². The lowest BCUT2D eigenvalue weighted by Gasteiger charge is -2.25. The van der Waals surface area contributed by atoms with E-state index in [0.717, 1.165) is 10.5 Å². The molecule has 3 amide bonds. The molecule has 0 radical (unpaired) electrons. The molecular weight excluding hydrogens is 426 g/mol. The van der Waals surface area contributed by atoms with Crippen LogP contribution in [0.4, 0.5) is 5.13 Å². The Morgan fingerprint density at radius 3 is 2.80 bits per heavy atom. The van der Waals surface area contributed by atoms with Crippen molar-refractivity contribution in [3.05, 3.63) is 52.2 Å². The van der Waals surface area contributed by atoms with Gasteiger partial charge >= 0.3 is 0 Å². The van der Waals surface area contributed by atoms with E-state index in [0.29, 0.717) is 16.5 Å². The van der Waals surface area contributed by atoms with Crippen molar-refractivity contribution < 1.29 is 19.1 Å². The summed E-state index contributed by atoms with van der Waals surface area (Å²) >= 11 is 2.69. The number of nitrogens with two attached hydrogens (primary N) is 1. The lowest BCUT2D eigenvalue weighted by molar-refractivity contribution is -0.148.